The smallest absolute Gasteiger partial charge is 0.336 e. The van der Waals surface area contributed by atoms with E-state index in [2.05, 4.69) is 0 Å². The fraction of sp³-hybridized carbons (Fsp3) is 0.591. The van der Waals surface area contributed by atoms with Crippen LogP contribution in [-0.2, 0) is 28.7 Å². The highest BCUT2D eigenvalue weighted by atomic mass is 16.7. The zero-order valence-electron chi connectivity index (χ0n) is 18.6. The van der Waals surface area contributed by atoms with Crippen molar-refractivity contribution < 1.29 is 48.8 Å². The Morgan fingerprint density at radius 2 is 1.79 bits per heavy atom. The number of hydrogen-bond donors (Lipinski definition) is 3. The zero-order chi connectivity index (χ0) is 24.3. The first-order chi connectivity index (χ1) is 15.7. The van der Waals surface area contributed by atoms with E-state index in [1.807, 2.05) is 6.92 Å². The summed E-state index contributed by atoms with van der Waals surface area (Å²) in [4.78, 5) is 41.2. The molecule has 33 heavy (non-hydrogen) atoms. The van der Waals surface area contributed by atoms with Crippen molar-refractivity contribution in [2.24, 2.45) is 0 Å². The predicted molar refractivity (Wildman–Crippen MR) is 113 cm³/mol. The number of aliphatic hydroxyl groups is 1. The van der Waals surface area contributed by atoms with Gasteiger partial charge in [0.25, 0.3) is 0 Å². The molecule has 11 heteroatoms. The molecule has 0 amide bonds. The Kier molecular flexibility index (Phi) is 10.4. The largest absolute Gasteiger partial charge is 0.504 e. The lowest BCUT2D eigenvalue weighted by Crippen LogP contribution is -2.45. The van der Waals surface area contributed by atoms with Gasteiger partial charge in [0.1, 0.15) is 6.10 Å². The Bertz CT molecular complexity index is 795. The number of ether oxygens (including phenoxy) is 3. The molecule has 1 heterocycles. The van der Waals surface area contributed by atoms with E-state index in [-0.39, 0.29) is 18.1 Å². The molecule has 3 N–H and O–H groups in total. The number of hydroxylamine groups is 2. The number of carbonyl (C=O) groups excluding carboxylic acids is 2. The third-order valence-corrected chi connectivity index (χ3v) is 4.94. The average molecular weight is 469 g/mol. The van der Waals surface area contributed by atoms with Crippen LogP contribution in [0.15, 0.2) is 24.3 Å². The van der Waals surface area contributed by atoms with Crippen molar-refractivity contribution in [2.45, 2.75) is 50.7 Å². The number of morpholine rings is 1. The highest BCUT2D eigenvalue weighted by Gasteiger charge is 2.43. The second-order valence-electron chi connectivity index (χ2n) is 7.70. The van der Waals surface area contributed by atoms with Gasteiger partial charge < -0.3 is 34.4 Å². The lowest BCUT2D eigenvalue weighted by molar-refractivity contribution is -0.211. The van der Waals surface area contributed by atoms with Crippen molar-refractivity contribution >= 4 is 17.9 Å². The van der Waals surface area contributed by atoms with Crippen LogP contribution in [0.1, 0.15) is 39.0 Å². The van der Waals surface area contributed by atoms with Crippen LogP contribution in [0.3, 0.4) is 0 Å². The molecule has 1 aromatic carbocycles. The summed E-state index contributed by atoms with van der Waals surface area (Å²) in [5.74, 6) is -3.39. The molecule has 1 aromatic rings. The molecular weight excluding hydrogens is 438 g/mol. The van der Waals surface area contributed by atoms with Gasteiger partial charge in [0.05, 0.1) is 45.8 Å². The maximum absolute atomic E-state index is 12.4. The molecule has 0 aromatic heterocycles. The van der Waals surface area contributed by atoms with E-state index >= 15 is 0 Å². The van der Waals surface area contributed by atoms with Gasteiger partial charge in [-0.15, -0.1) is 5.06 Å². The first-order valence-electron chi connectivity index (χ1n) is 10.8. The van der Waals surface area contributed by atoms with Crippen molar-refractivity contribution in [1.29, 1.82) is 0 Å². The summed E-state index contributed by atoms with van der Waals surface area (Å²) in [7, 11) is 0. The number of rotatable bonds is 13. The summed E-state index contributed by atoms with van der Waals surface area (Å²) in [6.07, 6.45) is -0.959. The van der Waals surface area contributed by atoms with E-state index < -0.39 is 42.5 Å². The maximum Gasteiger partial charge on any atom is 0.336 e. The first kappa shape index (κ1) is 26.4. The van der Waals surface area contributed by atoms with Crippen LogP contribution in [-0.4, -0.2) is 82.9 Å². The van der Waals surface area contributed by atoms with Crippen LogP contribution >= 0.6 is 0 Å². The van der Waals surface area contributed by atoms with Crippen molar-refractivity contribution in [3.05, 3.63) is 24.3 Å². The summed E-state index contributed by atoms with van der Waals surface area (Å²) >= 11 is 0. The number of phenolic OH excluding ortho intramolecular Hbond substituents is 1. The lowest BCUT2D eigenvalue weighted by atomic mass is 9.96. The normalized spacial score (nSPS) is 16.9. The number of para-hydroxylation sites is 2. The van der Waals surface area contributed by atoms with Crippen LogP contribution in [0.2, 0.25) is 0 Å². The minimum absolute atomic E-state index is 0.0166. The molecule has 1 fully saturated rings. The second kappa shape index (κ2) is 13.0. The molecule has 0 bridgehead atoms. The van der Waals surface area contributed by atoms with Gasteiger partial charge in [-0.25, -0.2) is 4.79 Å². The maximum atomic E-state index is 12.4. The highest BCUT2D eigenvalue weighted by molar-refractivity contribution is 5.89. The zero-order valence-corrected chi connectivity index (χ0v) is 18.6. The van der Waals surface area contributed by atoms with Crippen LogP contribution in [0.5, 0.6) is 11.5 Å². The van der Waals surface area contributed by atoms with E-state index in [1.165, 1.54) is 11.1 Å². The number of aromatic hydroxyl groups is 1. The first-order valence-corrected chi connectivity index (χ1v) is 10.8. The number of benzene rings is 1. The van der Waals surface area contributed by atoms with Gasteiger partial charge in [0, 0.05) is 6.42 Å². The van der Waals surface area contributed by atoms with Gasteiger partial charge in [-0.3, -0.25) is 9.59 Å². The molecule has 0 spiro atoms. The molecule has 1 aliphatic heterocycles. The second-order valence-corrected chi connectivity index (χ2v) is 7.70. The average Bonchev–Trinajstić information content (AvgIpc) is 2.75. The minimum Gasteiger partial charge on any atom is -0.504 e. The molecule has 0 radical (unpaired) electrons. The van der Waals surface area contributed by atoms with Crippen LogP contribution in [0.4, 0.5) is 0 Å². The molecular formula is C22H31NO10. The fourth-order valence-electron chi connectivity index (χ4n) is 3.20. The van der Waals surface area contributed by atoms with E-state index in [0.717, 1.165) is 0 Å². The Hall–Kier alpha value is -2.89. The Labute approximate surface area is 191 Å². The van der Waals surface area contributed by atoms with E-state index in [4.69, 9.17) is 19.0 Å². The van der Waals surface area contributed by atoms with Crippen molar-refractivity contribution in [3.63, 3.8) is 0 Å². The summed E-state index contributed by atoms with van der Waals surface area (Å²) in [6.45, 7) is 3.39. The lowest BCUT2D eigenvalue weighted by Gasteiger charge is -2.27. The number of hydrogen-bond acceptors (Lipinski definition) is 10. The monoisotopic (exact) mass is 469 g/mol. The van der Waals surface area contributed by atoms with Gasteiger partial charge in [0.15, 0.2) is 17.1 Å². The van der Waals surface area contributed by atoms with Crippen molar-refractivity contribution in [3.8, 4) is 11.5 Å². The number of aliphatic carboxylic acids is 1. The van der Waals surface area contributed by atoms with Crippen LogP contribution in [0, 0.1) is 0 Å². The Balaban J connectivity index is 1.88. The van der Waals surface area contributed by atoms with Crippen LogP contribution < -0.4 is 4.74 Å². The molecule has 1 aliphatic rings. The van der Waals surface area contributed by atoms with Gasteiger partial charge in [-0.1, -0.05) is 25.5 Å². The number of carboxylic acid groups (broad SMARTS) is 1. The molecule has 2 rings (SSSR count). The van der Waals surface area contributed by atoms with Gasteiger partial charge in [0.2, 0.25) is 0 Å². The SMILES string of the molecule is CCCC(CCOc1ccccc1O)OC(=O)CC(O)(CC(=O)ON1CCOCC1)C(=O)O. The number of esters is 1. The van der Waals surface area contributed by atoms with Crippen molar-refractivity contribution in [2.75, 3.05) is 32.9 Å². The molecule has 0 saturated carbocycles. The summed E-state index contributed by atoms with van der Waals surface area (Å²) in [5, 5.41) is 30.9. The minimum atomic E-state index is -2.66. The molecule has 0 aliphatic carbocycles. The Morgan fingerprint density at radius 3 is 2.42 bits per heavy atom. The summed E-state index contributed by atoms with van der Waals surface area (Å²) in [6, 6.07) is 6.44. The molecule has 1 saturated heterocycles. The standard InChI is InChI=1S/C22H31NO10/c1-2-5-16(8-11-31-18-7-4-3-6-17(18)24)32-19(25)14-22(29,21(27)28)15-20(26)33-23-9-12-30-13-10-23/h3-4,6-7,16,24,29H,2,5,8-15H2,1H3,(H,27,28). The number of nitrogens with zero attached hydrogens (tertiary/aromatic N) is 1. The van der Waals surface area contributed by atoms with Crippen molar-refractivity contribution in [1.82, 2.24) is 5.06 Å². The highest BCUT2D eigenvalue weighted by Crippen LogP contribution is 2.25. The Morgan fingerprint density at radius 1 is 1.12 bits per heavy atom. The van der Waals surface area contributed by atoms with Crippen LogP contribution in [0.25, 0.3) is 0 Å². The quantitative estimate of drug-likeness (QED) is 0.358. The summed E-state index contributed by atoms with van der Waals surface area (Å²) in [5.41, 5.74) is -2.66. The number of carboxylic acids is 1. The fourth-order valence-corrected chi connectivity index (χ4v) is 3.20. The van der Waals surface area contributed by atoms with E-state index in [0.29, 0.717) is 45.6 Å². The predicted octanol–water partition coefficient (Wildman–Crippen LogP) is 1.26. The molecule has 2 atom stereocenters. The van der Waals surface area contributed by atoms with Gasteiger partial charge in [-0.05, 0) is 18.6 Å². The number of carbonyl (C=O) groups is 3. The third kappa shape index (κ3) is 8.87. The third-order valence-electron chi connectivity index (χ3n) is 4.94. The molecule has 2 unspecified atom stereocenters. The number of phenols is 1. The van der Waals surface area contributed by atoms with E-state index in [9.17, 15) is 29.7 Å². The van der Waals surface area contributed by atoms with Gasteiger partial charge >= 0.3 is 17.9 Å². The summed E-state index contributed by atoms with van der Waals surface area (Å²) < 4.78 is 16.0. The van der Waals surface area contributed by atoms with Gasteiger partial charge in [-0.2, -0.15) is 0 Å². The topological polar surface area (TPSA) is 152 Å². The molecule has 184 valence electrons. The molecule has 11 nitrogen and oxygen atoms in total. The van der Waals surface area contributed by atoms with E-state index in [1.54, 1.807) is 18.2 Å².